The van der Waals surface area contributed by atoms with Gasteiger partial charge in [-0.25, -0.2) is 5.43 Å². The van der Waals surface area contributed by atoms with Gasteiger partial charge in [-0.15, -0.1) is 0 Å². The Hall–Kier alpha value is -2.67. The highest BCUT2D eigenvalue weighted by Crippen LogP contribution is 2.21. The van der Waals surface area contributed by atoms with E-state index in [1.807, 2.05) is 32.0 Å². The maximum absolute atomic E-state index is 11.8. The SMILES string of the molecule is CCOc1ccc(Br)cc1/C=N/NC(=O)C(=O)Nc1ccc(C)cc1. The van der Waals surface area contributed by atoms with Gasteiger partial charge in [-0.3, -0.25) is 9.59 Å². The van der Waals surface area contributed by atoms with Crippen molar-refractivity contribution in [2.24, 2.45) is 5.10 Å². The van der Waals surface area contributed by atoms with Crippen LogP contribution in [0.3, 0.4) is 0 Å². The van der Waals surface area contributed by atoms with Crippen LogP contribution >= 0.6 is 15.9 Å². The summed E-state index contributed by atoms with van der Waals surface area (Å²) in [6.07, 6.45) is 1.42. The second-order valence-corrected chi connectivity index (χ2v) is 6.05. The molecule has 6 nitrogen and oxygen atoms in total. The van der Waals surface area contributed by atoms with Gasteiger partial charge in [0.25, 0.3) is 0 Å². The zero-order chi connectivity index (χ0) is 18.2. The molecule has 2 N–H and O–H groups in total. The molecular formula is C18H18BrN3O3. The number of nitrogens with one attached hydrogen (secondary N) is 2. The predicted molar refractivity (Wildman–Crippen MR) is 101 cm³/mol. The third-order valence-corrected chi connectivity index (χ3v) is 3.65. The fourth-order valence-corrected chi connectivity index (χ4v) is 2.32. The van der Waals surface area contributed by atoms with Crippen LogP contribution in [0.5, 0.6) is 5.75 Å². The van der Waals surface area contributed by atoms with Crippen LogP contribution in [0.25, 0.3) is 0 Å². The number of nitrogens with zero attached hydrogens (tertiary/aromatic N) is 1. The molecule has 2 aromatic rings. The number of rotatable bonds is 5. The van der Waals surface area contributed by atoms with Crippen LogP contribution in [-0.2, 0) is 9.59 Å². The van der Waals surface area contributed by atoms with Crippen molar-refractivity contribution in [3.8, 4) is 5.75 Å². The van der Waals surface area contributed by atoms with Crippen molar-refractivity contribution >= 4 is 39.6 Å². The van der Waals surface area contributed by atoms with Crippen molar-refractivity contribution in [3.63, 3.8) is 0 Å². The summed E-state index contributed by atoms with van der Waals surface area (Å²) < 4.78 is 6.33. The highest BCUT2D eigenvalue weighted by atomic mass is 79.9. The van der Waals surface area contributed by atoms with Crippen molar-refractivity contribution in [3.05, 3.63) is 58.1 Å². The molecule has 0 spiro atoms. The lowest BCUT2D eigenvalue weighted by Gasteiger charge is -2.07. The molecule has 0 bridgehead atoms. The Morgan fingerprint density at radius 2 is 1.88 bits per heavy atom. The van der Waals surface area contributed by atoms with Crippen molar-refractivity contribution < 1.29 is 14.3 Å². The number of hydrogen-bond acceptors (Lipinski definition) is 4. The first kappa shape index (κ1) is 18.7. The van der Waals surface area contributed by atoms with Crippen molar-refractivity contribution in [1.82, 2.24) is 5.43 Å². The van der Waals surface area contributed by atoms with Gasteiger partial charge in [-0.1, -0.05) is 33.6 Å². The molecule has 0 aliphatic heterocycles. The quantitative estimate of drug-likeness (QED) is 0.456. The van der Waals surface area contributed by atoms with Gasteiger partial charge in [-0.2, -0.15) is 5.10 Å². The van der Waals surface area contributed by atoms with E-state index in [4.69, 9.17) is 4.74 Å². The molecule has 2 aromatic carbocycles. The third-order valence-electron chi connectivity index (χ3n) is 3.16. The van der Waals surface area contributed by atoms with Crippen LogP contribution in [0.15, 0.2) is 52.0 Å². The van der Waals surface area contributed by atoms with E-state index in [1.54, 1.807) is 24.3 Å². The van der Waals surface area contributed by atoms with Gasteiger partial charge in [0.15, 0.2) is 0 Å². The zero-order valence-electron chi connectivity index (χ0n) is 13.9. The molecule has 0 aliphatic rings. The number of aryl methyl sites for hydroxylation is 1. The summed E-state index contributed by atoms with van der Waals surface area (Å²) >= 11 is 3.36. The summed E-state index contributed by atoms with van der Waals surface area (Å²) in [6.45, 7) is 4.32. The molecule has 0 radical (unpaired) electrons. The van der Waals surface area contributed by atoms with E-state index >= 15 is 0 Å². The summed E-state index contributed by atoms with van der Waals surface area (Å²) in [5.41, 5.74) is 4.48. The highest BCUT2D eigenvalue weighted by Gasteiger charge is 2.12. The molecular weight excluding hydrogens is 386 g/mol. The fraction of sp³-hybridized carbons (Fsp3) is 0.167. The van der Waals surface area contributed by atoms with Crippen LogP contribution < -0.4 is 15.5 Å². The topological polar surface area (TPSA) is 79.8 Å². The van der Waals surface area contributed by atoms with Crippen molar-refractivity contribution in [2.45, 2.75) is 13.8 Å². The summed E-state index contributed by atoms with van der Waals surface area (Å²) in [4.78, 5) is 23.6. The van der Waals surface area contributed by atoms with Crippen molar-refractivity contribution in [2.75, 3.05) is 11.9 Å². The number of halogens is 1. The number of carbonyl (C=O) groups excluding carboxylic acids is 2. The maximum Gasteiger partial charge on any atom is 0.329 e. The Morgan fingerprint density at radius 3 is 2.56 bits per heavy atom. The van der Waals surface area contributed by atoms with Gasteiger partial charge in [-0.05, 0) is 44.2 Å². The van der Waals surface area contributed by atoms with E-state index in [-0.39, 0.29) is 0 Å². The lowest BCUT2D eigenvalue weighted by molar-refractivity contribution is -0.136. The molecule has 2 amide bonds. The molecule has 0 atom stereocenters. The lowest BCUT2D eigenvalue weighted by atomic mass is 10.2. The molecule has 130 valence electrons. The third kappa shape index (κ3) is 5.72. The summed E-state index contributed by atoms with van der Waals surface area (Å²) in [7, 11) is 0. The molecule has 2 rings (SSSR count). The average Bonchev–Trinajstić information content (AvgIpc) is 2.59. The van der Waals surface area contributed by atoms with Gasteiger partial charge in [0.05, 0.1) is 12.8 Å². The summed E-state index contributed by atoms with van der Waals surface area (Å²) in [5.74, 6) is -1.02. The van der Waals surface area contributed by atoms with E-state index in [1.165, 1.54) is 6.21 Å². The second kappa shape index (κ2) is 8.98. The minimum Gasteiger partial charge on any atom is -0.493 e. The normalized spacial score (nSPS) is 10.5. The number of anilines is 1. The van der Waals surface area contributed by atoms with Gasteiger partial charge < -0.3 is 10.1 Å². The Bertz CT molecular complexity index is 789. The standard InChI is InChI=1S/C18H18BrN3O3/c1-3-25-16-9-6-14(19)10-13(16)11-20-22-18(24)17(23)21-15-7-4-12(2)5-8-15/h4-11H,3H2,1-2H3,(H,21,23)(H,22,24)/b20-11+. The molecule has 0 unspecified atom stereocenters. The van der Waals surface area contributed by atoms with Crippen LogP contribution in [0.1, 0.15) is 18.1 Å². The Labute approximate surface area is 154 Å². The maximum atomic E-state index is 11.8. The van der Waals surface area contributed by atoms with Crippen LogP contribution in [0.2, 0.25) is 0 Å². The van der Waals surface area contributed by atoms with Gasteiger partial charge in [0.2, 0.25) is 0 Å². The van der Waals surface area contributed by atoms with Gasteiger partial charge in [0.1, 0.15) is 5.75 Å². The molecule has 0 heterocycles. The zero-order valence-corrected chi connectivity index (χ0v) is 15.5. The number of hydrogen-bond donors (Lipinski definition) is 2. The molecule has 0 aliphatic carbocycles. The largest absolute Gasteiger partial charge is 0.493 e. The minimum absolute atomic E-state index is 0.508. The molecule has 0 saturated carbocycles. The first-order valence-corrected chi connectivity index (χ1v) is 8.42. The van der Waals surface area contributed by atoms with E-state index in [0.717, 1.165) is 10.0 Å². The van der Waals surface area contributed by atoms with Gasteiger partial charge in [0, 0.05) is 15.7 Å². The number of carbonyl (C=O) groups is 2. The second-order valence-electron chi connectivity index (χ2n) is 5.13. The Morgan fingerprint density at radius 1 is 1.16 bits per heavy atom. The highest BCUT2D eigenvalue weighted by molar-refractivity contribution is 9.10. The molecule has 0 saturated heterocycles. The smallest absolute Gasteiger partial charge is 0.329 e. The number of ether oxygens (including phenoxy) is 1. The number of amides is 2. The van der Waals surface area contributed by atoms with Crippen molar-refractivity contribution in [1.29, 1.82) is 0 Å². The number of hydrazone groups is 1. The van der Waals surface area contributed by atoms with E-state index in [9.17, 15) is 9.59 Å². The average molecular weight is 404 g/mol. The summed E-state index contributed by atoms with van der Waals surface area (Å²) in [5, 5.41) is 6.32. The molecule has 25 heavy (non-hydrogen) atoms. The lowest BCUT2D eigenvalue weighted by Crippen LogP contribution is -2.32. The van der Waals surface area contributed by atoms with Crippen LogP contribution in [-0.4, -0.2) is 24.6 Å². The number of benzene rings is 2. The van der Waals surface area contributed by atoms with E-state index in [2.05, 4.69) is 31.8 Å². The van der Waals surface area contributed by atoms with E-state index < -0.39 is 11.8 Å². The Balaban J connectivity index is 1.97. The minimum atomic E-state index is -0.857. The predicted octanol–water partition coefficient (Wildman–Crippen LogP) is 3.25. The van der Waals surface area contributed by atoms with Crippen LogP contribution in [0, 0.1) is 6.92 Å². The van der Waals surface area contributed by atoms with Crippen LogP contribution in [0.4, 0.5) is 5.69 Å². The molecule has 7 heteroatoms. The molecule has 0 aromatic heterocycles. The first-order chi connectivity index (χ1) is 12.0. The summed E-state index contributed by atoms with van der Waals surface area (Å²) in [6, 6.07) is 12.6. The molecule has 0 fully saturated rings. The van der Waals surface area contributed by atoms with Gasteiger partial charge >= 0.3 is 11.8 Å². The Kier molecular flexibility index (Phi) is 6.71. The first-order valence-electron chi connectivity index (χ1n) is 7.63. The van der Waals surface area contributed by atoms with E-state index in [0.29, 0.717) is 23.6 Å². The monoisotopic (exact) mass is 403 g/mol. The fourth-order valence-electron chi connectivity index (χ4n) is 1.94.